The van der Waals surface area contributed by atoms with Gasteiger partial charge >= 0.3 is 0 Å². The Hall–Kier alpha value is -1.80. The van der Waals surface area contributed by atoms with E-state index < -0.39 is 16.1 Å². The summed E-state index contributed by atoms with van der Waals surface area (Å²) in [5, 5.41) is 0. The second-order valence-electron chi connectivity index (χ2n) is 5.70. The van der Waals surface area contributed by atoms with Crippen LogP contribution in [0.15, 0.2) is 24.3 Å². The van der Waals surface area contributed by atoms with Crippen molar-refractivity contribution in [1.29, 1.82) is 0 Å². The number of nitrogens with zero attached hydrogens (tertiary/aromatic N) is 2. The summed E-state index contributed by atoms with van der Waals surface area (Å²) in [5.41, 5.74) is 0.519. The minimum absolute atomic E-state index is 0.0360. The maximum Gasteiger partial charge on any atom is 0.232 e. The normalized spacial score (nSPS) is 21.5. The molecule has 1 unspecified atom stereocenters. The summed E-state index contributed by atoms with van der Waals surface area (Å²) >= 11 is 0. The van der Waals surface area contributed by atoms with E-state index in [1.165, 1.54) is 4.31 Å². The molecular formula is C15H20N2O5S. The van der Waals surface area contributed by atoms with Crippen molar-refractivity contribution >= 4 is 21.6 Å². The molecule has 0 spiro atoms. The van der Waals surface area contributed by atoms with Gasteiger partial charge in [0, 0.05) is 13.1 Å². The molecule has 126 valence electrons. The van der Waals surface area contributed by atoms with Crippen molar-refractivity contribution in [3.8, 4) is 5.75 Å². The highest BCUT2D eigenvalue weighted by molar-refractivity contribution is 7.92. The molecule has 2 heterocycles. The first-order chi connectivity index (χ1) is 10.9. The van der Waals surface area contributed by atoms with Gasteiger partial charge in [0.2, 0.25) is 15.9 Å². The van der Waals surface area contributed by atoms with Crippen LogP contribution in [-0.4, -0.2) is 64.4 Å². The number of carbonyl (C=O) groups is 1. The van der Waals surface area contributed by atoms with E-state index in [0.717, 1.165) is 6.26 Å². The van der Waals surface area contributed by atoms with Gasteiger partial charge in [0.25, 0.3) is 0 Å². The average Bonchev–Trinajstić information content (AvgIpc) is 2.54. The Balaban J connectivity index is 1.76. The number of morpholine rings is 1. The van der Waals surface area contributed by atoms with E-state index in [0.29, 0.717) is 37.7 Å². The molecule has 3 rings (SSSR count). The van der Waals surface area contributed by atoms with Crippen LogP contribution in [-0.2, 0) is 19.6 Å². The van der Waals surface area contributed by atoms with Crippen LogP contribution < -0.4 is 9.04 Å². The number of para-hydroxylation sites is 2. The van der Waals surface area contributed by atoms with Gasteiger partial charge in [-0.1, -0.05) is 12.1 Å². The fraction of sp³-hybridized carbons (Fsp3) is 0.533. The summed E-state index contributed by atoms with van der Waals surface area (Å²) in [7, 11) is -3.42. The van der Waals surface area contributed by atoms with Crippen molar-refractivity contribution < 1.29 is 22.7 Å². The van der Waals surface area contributed by atoms with Gasteiger partial charge in [-0.25, -0.2) is 8.42 Å². The quantitative estimate of drug-likeness (QED) is 0.799. The number of hydrogen-bond donors (Lipinski definition) is 0. The summed E-state index contributed by atoms with van der Waals surface area (Å²) in [6.07, 6.45) is 0.825. The second-order valence-corrected chi connectivity index (χ2v) is 7.61. The van der Waals surface area contributed by atoms with Gasteiger partial charge in [0.15, 0.2) is 0 Å². The number of ether oxygens (including phenoxy) is 2. The van der Waals surface area contributed by atoms with Crippen molar-refractivity contribution in [1.82, 2.24) is 4.90 Å². The predicted molar refractivity (Wildman–Crippen MR) is 85.1 cm³/mol. The van der Waals surface area contributed by atoms with E-state index in [-0.39, 0.29) is 18.9 Å². The molecule has 0 radical (unpaired) electrons. The third-order valence-corrected chi connectivity index (χ3v) is 5.11. The molecule has 0 N–H and O–H groups in total. The van der Waals surface area contributed by atoms with Gasteiger partial charge in [0.1, 0.15) is 11.9 Å². The van der Waals surface area contributed by atoms with Gasteiger partial charge in [-0.15, -0.1) is 0 Å². The van der Waals surface area contributed by atoms with E-state index >= 15 is 0 Å². The molecule has 1 atom stereocenters. The lowest BCUT2D eigenvalue weighted by Gasteiger charge is -2.35. The maximum absolute atomic E-state index is 12.4. The molecule has 0 bridgehead atoms. The first-order valence-electron chi connectivity index (χ1n) is 7.54. The molecule has 1 amide bonds. The second kappa shape index (κ2) is 6.37. The summed E-state index contributed by atoms with van der Waals surface area (Å²) < 4.78 is 36.5. The fourth-order valence-corrected chi connectivity index (χ4v) is 3.77. The summed E-state index contributed by atoms with van der Waals surface area (Å²) in [5.74, 6) is 0.454. The highest BCUT2D eigenvalue weighted by Gasteiger charge is 2.33. The van der Waals surface area contributed by atoms with E-state index in [4.69, 9.17) is 9.47 Å². The van der Waals surface area contributed by atoms with Crippen molar-refractivity contribution in [2.75, 3.05) is 43.4 Å². The van der Waals surface area contributed by atoms with E-state index in [1.54, 1.807) is 29.2 Å². The monoisotopic (exact) mass is 340 g/mol. The van der Waals surface area contributed by atoms with Crippen molar-refractivity contribution in [2.24, 2.45) is 0 Å². The Bertz CT molecular complexity index is 685. The summed E-state index contributed by atoms with van der Waals surface area (Å²) in [4.78, 5) is 14.1. The molecule has 2 aliphatic rings. The summed E-state index contributed by atoms with van der Waals surface area (Å²) in [6, 6.07) is 6.97. The zero-order valence-electron chi connectivity index (χ0n) is 13.0. The Kier molecular flexibility index (Phi) is 4.45. The van der Waals surface area contributed by atoms with Crippen LogP contribution in [0.4, 0.5) is 5.69 Å². The lowest BCUT2D eigenvalue weighted by molar-refractivity contribution is -0.136. The molecule has 0 aromatic heterocycles. The molecule has 1 aromatic rings. The largest absolute Gasteiger partial charge is 0.486 e. The number of anilines is 1. The van der Waals surface area contributed by atoms with E-state index in [9.17, 15) is 13.2 Å². The van der Waals surface area contributed by atoms with Gasteiger partial charge in [-0.05, 0) is 12.1 Å². The maximum atomic E-state index is 12.4. The van der Waals surface area contributed by atoms with Crippen molar-refractivity contribution in [2.45, 2.75) is 12.5 Å². The van der Waals surface area contributed by atoms with Crippen LogP contribution in [0.5, 0.6) is 5.75 Å². The predicted octanol–water partition coefficient (Wildman–Crippen LogP) is 0.463. The number of rotatable bonds is 3. The Morgan fingerprint density at radius 1 is 1.26 bits per heavy atom. The molecule has 1 saturated heterocycles. The smallest absolute Gasteiger partial charge is 0.232 e. The first-order valence-corrected chi connectivity index (χ1v) is 9.39. The van der Waals surface area contributed by atoms with Crippen LogP contribution in [0.2, 0.25) is 0 Å². The van der Waals surface area contributed by atoms with Crippen LogP contribution in [0.1, 0.15) is 6.42 Å². The van der Waals surface area contributed by atoms with Gasteiger partial charge in [0.05, 0.1) is 38.1 Å². The number of benzene rings is 1. The van der Waals surface area contributed by atoms with Crippen LogP contribution in [0.3, 0.4) is 0 Å². The van der Waals surface area contributed by atoms with E-state index in [2.05, 4.69) is 0 Å². The third kappa shape index (κ3) is 3.59. The molecule has 7 nitrogen and oxygen atoms in total. The average molecular weight is 340 g/mol. The minimum atomic E-state index is -3.42. The zero-order valence-corrected chi connectivity index (χ0v) is 13.8. The van der Waals surface area contributed by atoms with Crippen LogP contribution in [0.25, 0.3) is 0 Å². The highest BCUT2D eigenvalue weighted by atomic mass is 32.2. The number of sulfonamides is 1. The topological polar surface area (TPSA) is 76.2 Å². The zero-order chi connectivity index (χ0) is 16.4. The van der Waals surface area contributed by atoms with Crippen LogP contribution in [0, 0.1) is 0 Å². The minimum Gasteiger partial charge on any atom is -0.486 e. The molecule has 8 heteroatoms. The molecule has 1 fully saturated rings. The summed E-state index contributed by atoms with van der Waals surface area (Å²) in [6.45, 7) is 2.35. The number of fused-ring (bicyclic) bond motifs is 1. The third-order valence-electron chi connectivity index (χ3n) is 3.96. The number of amides is 1. The molecule has 0 aliphatic carbocycles. The van der Waals surface area contributed by atoms with E-state index in [1.807, 2.05) is 0 Å². The van der Waals surface area contributed by atoms with Gasteiger partial charge in [-0.2, -0.15) is 0 Å². The van der Waals surface area contributed by atoms with Crippen molar-refractivity contribution in [3.63, 3.8) is 0 Å². The molecule has 1 aromatic carbocycles. The molecular weight excluding hydrogens is 320 g/mol. The lowest BCUT2D eigenvalue weighted by atomic mass is 10.1. The molecule has 23 heavy (non-hydrogen) atoms. The standard InChI is InChI=1S/C15H20N2O5S/c1-23(19,20)17-11-12(22-14-5-3-2-4-13(14)17)10-15(18)16-6-8-21-9-7-16/h2-5,12H,6-11H2,1H3. The van der Waals surface area contributed by atoms with Gasteiger partial charge < -0.3 is 14.4 Å². The fourth-order valence-electron chi connectivity index (χ4n) is 2.82. The Morgan fingerprint density at radius 2 is 1.96 bits per heavy atom. The van der Waals surface area contributed by atoms with Crippen molar-refractivity contribution in [3.05, 3.63) is 24.3 Å². The number of carbonyl (C=O) groups excluding carboxylic acids is 1. The number of hydrogen-bond acceptors (Lipinski definition) is 5. The Labute approximate surface area is 135 Å². The molecule has 2 aliphatic heterocycles. The Morgan fingerprint density at radius 3 is 2.65 bits per heavy atom. The van der Waals surface area contributed by atoms with Crippen LogP contribution >= 0.6 is 0 Å². The van der Waals surface area contributed by atoms with Gasteiger partial charge in [-0.3, -0.25) is 9.10 Å². The highest BCUT2D eigenvalue weighted by Crippen LogP contribution is 2.35. The lowest BCUT2D eigenvalue weighted by Crippen LogP contribution is -2.47. The SMILES string of the molecule is CS(=O)(=O)N1CC(CC(=O)N2CCOCC2)Oc2ccccc21. The first kappa shape index (κ1) is 16.1. The molecule has 0 saturated carbocycles.